The molecule has 0 aromatic carbocycles. The molecule has 1 amide bonds. The first kappa shape index (κ1) is 13.9. The number of hydrogen-bond donors (Lipinski definition) is 2. The third-order valence-electron chi connectivity index (χ3n) is 2.36. The number of aliphatic hydroxyl groups is 1. The topological polar surface area (TPSA) is 76.4 Å². The summed E-state index contributed by atoms with van der Waals surface area (Å²) in [5.74, 6) is -0.130. The van der Waals surface area contributed by atoms with Crippen molar-refractivity contribution in [3.8, 4) is 6.07 Å². The predicted octanol–water partition coefficient (Wildman–Crippen LogP) is -0.281. The molecule has 0 atom stereocenters. The lowest BCUT2D eigenvalue weighted by Gasteiger charge is -2.33. The first-order valence-corrected chi connectivity index (χ1v) is 4.90. The molecule has 0 rings (SSSR count). The highest BCUT2D eigenvalue weighted by molar-refractivity contribution is 5.78. The molecule has 0 aromatic heterocycles. The van der Waals surface area contributed by atoms with Gasteiger partial charge in [0.2, 0.25) is 5.91 Å². The van der Waals surface area contributed by atoms with Gasteiger partial charge in [-0.05, 0) is 20.9 Å². The van der Waals surface area contributed by atoms with Crippen LogP contribution in [0.2, 0.25) is 0 Å². The number of hydrogen-bond acceptors (Lipinski definition) is 4. The number of carbonyl (C=O) groups is 1. The Hall–Kier alpha value is -1.12. The van der Waals surface area contributed by atoms with Crippen molar-refractivity contribution >= 4 is 5.91 Å². The van der Waals surface area contributed by atoms with Crippen LogP contribution in [0.25, 0.3) is 0 Å². The SMILES string of the molecule is CN(CC(=O)NCCC#N)C(C)(C)CO. The minimum atomic E-state index is -0.410. The summed E-state index contributed by atoms with van der Waals surface area (Å²) in [4.78, 5) is 13.1. The number of carbonyl (C=O) groups excluding carboxylic acids is 1. The fourth-order valence-corrected chi connectivity index (χ4v) is 0.864. The van der Waals surface area contributed by atoms with Gasteiger partial charge < -0.3 is 10.4 Å². The number of nitrogens with zero attached hydrogens (tertiary/aromatic N) is 2. The van der Waals surface area contributed by atoms with E-state index in [0.29, 0.717) is 13.0 Å². The van der Waals surface area contributed by atoms with Gasteiger partial charge in [0, 0.05) is 12.1 Å². The van der Waals surface area contributed by atoms with E-state index >= 15 is 0 Å². The molecule has 0 fully saturated rings. The Bertz CT molecular complexity index is 246. The molecule has 5 heteroatoms. The van der Waals surface area contributed by atoms with E-state index in [-0.39, 0.29) is 19.1 Å². The smallest absolute Gasteiger partial charge is 0.234 e. The van der Waals surface area contributed by atoms with Gasteiger partial charge in [0.15, 0.2) is 0 Å². The first-order chi connectivity index (χ1) is 6.94. The second-order valence-electron chi connectivity index (χ2n) is 4.08. The second kappa shape index (κ2) is 6.38. The lowest BCUT2D eigenvalue weighted by atomic mass is 10.1. The second-order valence-corrected chi connectivity index (χ2v) is 4.08. The number of nitriles is 1. The van der Waals surface area contributed by atoms with Crippen LogP contribution in [0.4, 0.5) is 0 Å². The summed E-state index contributed by atoms with van der Waals surface area (Å²) in [5.41, 5.74) is -0.410. The monoisotopic (exact) mass is 213 g/mol. The molecule has 0 heterocycles. The minimum Gasteiger partial charge on any atom is -0.394 e. The highest BCUT2D eigenvalue weighted by Gasteiger charge is 2.23. The van der Waals surface area contributed by atoms with Crippen LogP contribution in [0.5, 0.6) is 0 Å². The number of rotatable bonds is 6. The van der Waals surface area contributed by atoms with Gasteiger partial charge in [0.25, 0.3) is 0 Å². The maximum Gasteiger partial charge on any atom is 0.234 e. The van der Waals surface area contributed by atoms with Crippen LogP contribution in [0.3, 0.4) is 0 Å². The summed E-state index contributed by atoms with van der Waals surface area (Å²) in [7, 11) is 1.78. The molecule has 0 radical (unpaired) electrons. The van der Waals surface area contributed by atoms with Gasteiger partial charge in [0.05, 0.1) is 25.6 Å². The van der Waals surface area contributed by atoms with Crippen molar-refractivity contribution in [2.75, 3.05) is 26.7 Å². The molecule has 0 aliphatic heterocycles. The molecule has 2 N–H and O–H groups in total. The van der Waals surface area contributed by atoms with E-state index in [1.54, 1.807) is 11.9 Å². The molecule has 0 aliphatic carbocycles. The van der Waals surface area contributed by atoms with Crippen LogP contribution in [-0.4, -0.2) is 48.2 Å². The number of nitrogens with one attached hydrogen (secondary N) is 1. The Kier molecular flexibility index (Phi) is 5.90. The summed E-state index contributed by atoms with van der Waals surface area (Å²) in [6.45, 7) is 4.31. The van der Waals surface area contributed by atoms with Crippen LogP contribution in [-0.2, 0) is 4.79 Å². The number of aliphatic hydroxyl groups excluding tert-OH is 1. The summed E-state index contributed by atoms with van der Waals surface area (Å²) < 4.78 is 0. The molecule has 0 saturated heterocycles. The summed E-state index contributed by atoms with van der Waals surface area (Å²) in [6, 6.07) is 1.95. The van der Waals surface area contributed by atoms with Crippen molar-refractivity contribution in [1.29, 1.82) is 5.26 Å². The highest BCUT2D eigenvalue weighted by Crippen LogP contribution is 2.09. The van der Waals surface area contributed by atoms with Gasteiger partial charge in [-0.1, -0.05) is 0 Å². The lowest BCUT2D eigenvalue weighted by Crippen LogP contribution is -2.48. The Morgan fingerprint density at radius 3 is 2.67 bits per heavy atom. The maximum absolute atomic E-state index is 11.3. The Labute approximate surface area is 90.7 Å². The predicted molar refractivity (Wildman–Crippen MR) is 57.0 cm³/mol. The zero-order valence-electron chi connectivity index (χ0n) is 9.58. The molecular formula is C10H19N3O2. The van der Waals surface area contributed by atoms with Gasteiger partial charge >= 0.3 is 0 Å². The average molecular weight is 213 g/mol. The van der Waals surface area contributed by atoms with Crippen LogP contribution in [0, 0.1) is 11.3 Å². The van der Waals surface area contributed by atoms with Gasteiger partial charge in [-0.15, -0.1) is 0 Å². The van der Waals surface area contributed by atoms with E-state index in [1.807, 2.05) is 19.9 Å². The van der Waals surface area contributed by atoms with Crippen molar-refractivity contribution in [2.24, 2.45) is 0 Å². The zero-order valence-corrected chi connectivity index (χ0v) is 9.58. The molecule has 0 aromatic rings. The number of amides is 1. The van der Waals surface area contributed by atoms with Crippen LogP contribution < -0.4 is 5.32 Å². The normalized spacial score (nSPS) is 11.2. The quantitative estimate of drug-likeness (QED) is 0.595. The molecular weight excluding hydrogens is 194 g/mol. The third kappa shape index (κ3) is 5.35. The van der Waals surface area contributed by atoms with Crippen LogP contribution >= 0.6 is 0 Å². The molecule has 15 heavy (non-hydrogen) atoms. The van der Waals surface area contributed by atoms with E-state index in [4.69, 9.17) is 10.4 Å². The molecule has 0 spiro atoms. The van der Waals surface area contributed by atoms with Crippen molar-refractivity contribution in [2.45, 2.75) is 25.8 Å². The molecule has 0 unspecified atom stereocenters. The Morgan fingerprint density at radius 1 is 1.60 bits per heavy atom. The molecule has 86 valence electrons. The standard InChI is InChI=1S/C10H19N3O2/c1-10(2,8-14)13(3)7-9(15)12-6-4-5-11/h14H,4,6-8H2,1-3H3,(H,12,15). The van der Waals surface area contributed by atoms with E-state index in [1.165, 1.54) is 0 Å². The maximum atomic E-state index is 11.3. The van der Waals surface area contributed by atoms with Gasteiger partial charge in [-0.2, -0.15) is 5.26 Å². The fourth-order valence-electron chi connectivity index (χ4n) is 0.864. The Balaban J connectivity index is 3.92. The van der Waals surface area contributed by atoms with E-state index in [2.05, 4.69) is 5.32 Å². The largest absolute Gasteiger partial charge is 0.394 e. The first-order valence-electron chi connectivity index (χ1n) is 4.90. The Morgan fingerprint density at radius 2 is 2.20 bits per heavy atom. The van der Waals surface area contributed by atoms with Crippen molar-refractivity contribution in [3.63, 3.8) is 0 Å². The van der Waals surface area contributed by atoms with E-state index in [0.717, 1.165) is 0 Å². The molecule has 0 aliphatic rings. The summed E-state index contributed by atoms with van der Waals surface area (Å²) in [5, 5.41) is 20.0. The zero-order chi connectivity index (χ0) is 11.9. The van der Waals surface area contributed by atoms with Gasteiger partial charge in [0.1, 0.15) is 0 Å². The average Bonchev–Trinajstić information content (AvgIpc) is 2.18. The van der Waals surface area contributed by atoms with Gasteiger partial charge in [-0.3, -0.25) is 9.69 Å². The molecule has 0 saturated carbocycles. The highest BCUT2D eigenvalue weighted by atomic mass is 16.3. The van der Waals surface area contributed by atoms with Crippen molar-refractivity contribution in [3.05, 3.63) is 0 Å². The third-order valence-corrected chi connectivity index (χ3v) is 2.36. The summed E-state index contributed by atoms with van der Waals surface area (Å²) in [6.07, 6.45) is 0.318. The molecule has 0 bridgehead atoms. The molecule has 5 nitrogen and oxygen atoms in total. The van der Waals surface area contributed by atoms with E-state index < -0.39 is 5.54 Å². The van der Waals surface area contributed by atoms with Crippen molar-refractivity contribution < 1.29 is 9.90 Å². The van der Waals surface area contributed by atoms with Crippen LogP contribution in [0.15, 0.2) is 0 Å². The van der Waals surface area contributed by atoms with E-state index in [9.17, 15) is 4.79 Å². The number of likely N-dealkylation sites (N-methyl/N-ethyl adjacent to an activating group) is 1. The minimum absolute atomic E-state index is 0.00498. The van der Waals surface area contributed by atoms with Crippen LogP contribution in [0.1, 0.15) is 20.3 Å². The lowest BCUT2D eigenvalue weighted by molar-refractivity contribution is -0.123. The van der Waals surface area contributed by atoms with Crippen molar-refractivity contribution in [1.82, 2.24) is 10.2 Å². The van der Waals surface area contributed by atoms with Gasteiger partial charge in [-0.25, -0.2) is 0 Å². The summed E-state index contributed by atoms with van der Waals surface area (Å²) >= 11 is 0. The fraction of sp³-hybridized carbons (Fsp3) is 0.800.